The van der Waals surface area contributed by atoms with Crippen LogP contribution in [0.2, 0.25) is 0 Å². The average molecular weight is 356 g/mol. The lowest BCUT2D eigenvalue weighted by Gasteiger charge is -2.15. The van der Waals surface area contributed by atoms with Gasteiger partial charge in [-0.05, 0) is 51.2 Å². The fourth-order valence-corrected chi connectivity index (χ4v) is 3.12. The molecule has 6 nitrogen and oxygen atoms in total. The van der Waals surface area contributed by atoms with E-state index in [4.69, 9.17) is 9.26 Å². The van der Waals surface area contributed by atoms with E-state index in [2.05, 4.69) is 16.5 Å². The number of rotatable bonds is 7. The highest BCUT2D eigenvalue weighted by molar-refractivity contribution is 5.86. The van der Waals surface area contributed by atoms with Crippen molar-refractivity contribution in [3.05, 3.63) is 41.6 Å². The fraction of sp³-hybridized carbons (Fsp3) is 0.450. The molecule has 0 bridgehead atoms. The molecule has 1 N–H and O–H groups in total. The topological polar surface area (TPSA) is 81.4 Å². The van der Waals surface area contributed by atoms with Crippen LogP contribution in [0.3, 0.4) is 0 Å². The predicted octanol–water partition coefficient (Wildman–Crippen LogP) is 3.31. The summed E-state index contributed by atoms with van der Waals surface area (Å²) in [5.41, 5.74) is 2.54. The number of carbonyl (C=O) groups excluding carboxylic acids is 2. The number of ether oxygens (including phenoxy) is 1. The summed E-state index contributed by atoms with van der Waals surface area (Å²) in [6, 6.07) is 7.32. The summed E-state index contributed by atoms with van der Waals surface area (Å²) in [6.07, 6.45) is 7.00. The molecule has 0 fully saturated rings. The number of aromatic nitrogens is 1. The molecule has 138 valence electrons. The summed E-state index contributed by atoms with van der Waals surface area (Å²) >= 11 is 0. The van der Waals surface area contributed by atoms with Crippen LogP contribution in [0.5, 0.6) is 0 Å². The molecule has 0 spiro atoms. The van der Waals surface area contributed by atoms with Crippen LogP contribution in [-0.2, 0) is 20.7 Å². The highest BCUT2D eigenvalue weighted by Crippen LogP contribution is 2.20. The van der Waals surface area contributed by atoms with E-state index in [1.807, 2.05) is 18.2 Å². The minimum atomic E-state index is -0.832. The van der Waals surface area contributed by atoms with Crippen LogP contribution in [-0.4, -0.2) is 29.7 Å². The first kappa shape index (κ1) is 18.2. The van der Waals surface area contributed by atoms with Gasteiger partial charge in [-0.25, -0.2) is 0 Å². The summed E-state index contributed by atoms with van der Waals surface area (Å²) in [5.74, 6) is -0.776. The molecule has 0 aliphatic heterocycles. The molecule has 6 heteroatoms. The van der Waals surface area contributed by atoms with Gasteiger partial charge >= 0.3 is 5.97 Å². The first-order valence-corrected chi connectivity index (χ1v) is 9.12. The van der Waals surface area contributed by atoms with Crippen LogP contribution >= 0.6 is 0 Å². The second-order valence-electron chi connectivity index (χ2n) is 6.58. The quantitative estimate of drug-likeness (QED) is 0.608. The van der Waals surface area contributed by atoms with Crippen molar-refractivity contribution >= 4 is 22.8 Å². The van der Waals surface area contributed by atoms with E-state index in [9.17, 15) is 9.59 Å². The van der Waals surface area contributed by atoms with Gasteiger partial charge in [-0.1, -0.05) is 28.9 Å². The number of nitrogens with one attached hydrogen (secondary N) is 1. The van der Waals surface area contributed by atoms with E-state index >= 15 is 0 Å². The first-order chi connectivity index (χ1) is 12.6. The van der Waals surface area contributed by atoms with Gasteiger partial charge in [-0.15, -0.1) is 0 Å². The Bertz CT molecular complexity index is 809. The lowest BCUT2D eigenvalue weighted by molar-refractivity contribution is -0.154. The van der Waals surface area contributed by atoms with Crippen LogP contribution in [0, 0.1) is 0 Å². The normalized spacial score (nSPS) is 15.3. The van der Waals surface area contributed by atoms with Gasteiger partial charge in [-0.3, -0.25) is 9.59 Å². The number of hydrogen-bond acceptors (Lipinski definition) is 5. The number of esters is 1. The maximum absolute atomic E-state index is 12.1. The Balaban J connectivity index is 1.44. The van der Waals surface area contributed by atoms with Crippen molar-refractivity contribution in [2.24, 2.45) is 0 Å². The zero-order valence-electron chi connectivity index (χ0n) is 15.0. The molecule has 0 radical (unpaired) electrons. The van der Waals surface area contributed by atoms with Gasteiger partial charge in [0.15, 0.2) is 11.7 Å². The Morgan fingerprint density at radius 2 is 2.15 bits per heavy atom. The van der Waals surface area contributed by atoms with Crippen molar-refractivity contribution in [1.29, 1.82) is 0 Å². The van der Waals surface area contributed by atoms with Gasteiger partial charge < -0.3 is 14.6 Å². The zero-order chi connectivity index (χ0) is 18.4. The van der Waals surface area contributed by atoms with Crippen LogP contribution < -0.4 is 5.32 Å². The molecular weight excluding hydrogens is 332 g/mol. The Labute approximate surface area is 152 Å². The molecule has 2 aromatic rings. The first-order valence-electron chi connectivity index (χ1n) is 9.12. The Morgan fingerprint density at radius 1 is 1.31 bits per heavy atom. The van der Waals surface area contributed by atoms with Gasteiger partial charge in [0.25, 0.3) is 5.91 Å². The Hall–Kier alpha value is -2.63. The largest absolute Gasteiger partial charge is 0.452 e. The van der Waals surface area contributed by atoms with Crippen molar-refractivity contribution in [1.82, 2.24) is 10.5 Å². The molecule has 3 rings (SSSR count). The third-order valence-electron chi connectivity index (χ3n) is 4.57. The third-order valence-corrected chi connectivity index (χ3v) is 4.57. The summed E-state index contributed by atoms with van der Waals surface area (Å²) in [5, 5.41) is 7.52. The van der Waals surface area contributed by atoms with E-state index in [1.165, 1.54) is 18.4 Å². The molecule has 1 aliphatic carbocycles. The molecule has 26 heavy (non-hydrogen) atoms. The molecular formula is C20H24N2O4. The molecule has 1 aromatic carbocycles. The maximum atomic E-state index is 12.1. The molecule has 0 saturated carbocycles. The molecule has 1 aromatic heterocycles. The highest BCUT2D eigenvalue weighted by atomic mass is 16.5. The second kappa shape index (κ2) is 8.65. The number of allylic oxidation sites excluding steroid dienone is 1. The predicted molar refractivity (Wildman–Crippen MR) is 97.4 cm³/mol. The standard InChI is InChI=1S/C20H24N2O4/c1-14(20(24)21-12-11-15-7-3-2-4-8-15)25-19(23)13-17-16-9-5-6-10-18(16)26-22-17/h5-7,9-10,14H,2-4,8,11-13H2,1H3,(H,21,24). The number of carbonyl (C=O) groups is 2. The van der Waals surface area contributed by atoms with Gasteiger partial charge in [-0.2, -0.15) is 0 Å². The minimum absolute atomic E-state index is 0.0263. The van der Waals surface area contributed by atoms with E-state index in [1.54, 1.807) is 13.0 Å². The fourth-order valence-electron chi connectivity index (χ4n) is 3.12. The van der Waals surface area contributed by atoms with Gasteiger partial charge in [0.2, 0.25) is 0 Å². The Morgan fingerprint density at radius 3 is 2.96 bits per heavy atom. The molecule has 0 saturated heterocycles. The smallest absolute Gasteiger partial charge is 0.312 e. The lowest BCUT2D eigenvalue weighted by Crippen LogP contribution is -2.36. The zero-order valence-corrected chi connectivity index (χ0v) is 15.0. The van der Waals surface area contributed by atoms with Gasteiger partial charge in [0, 0.05) is 11.9 Å². The number of fused-ring (bicyclic) bond motifs is 1. The number of amides is 1. The molecule has 1 amide bonds. The van der Waals surface area contributed by atoms with Crippen molar-refractivity contribution in [2.75, 3.05) is 6.54 Å². The number of hydrogen-bond donors (Lipinski definition) is 1. The average Bonchev–Trinajstić information content (AvgIpc) is 3.05. The van der Waals surface area contributed by atoms with E-state index < -0.39 is 12.1 Å². The van der Waals surface area contributed by atoms with Crippen molar-refractivity contribution in [2.45, 2.75) is 51.6 Å². The summed E-state index contributed by atoms with van der Waals surface area (Å²) in [4.78, 5) is 24.2. The molecule has 1 aliphatic rings. The van der Waals surface area contributed by atoms with Crippen LogP contribution in [0.1, 0.15) is 44.7 Å². The molecule has 1 atom stereocenters. The number of nitrogens with zero attached hydrogens (tertiary/aromatic N) is 1. The van der Waals surface area contributed by atoms with Crippen LogP contribution in [0.25, 0.3) is 11.0 Å². The van der Waals surface area contributed by atoms with E-state index in [-0.39, 0.29) is 12.3 Å². The van der Waals surface area contributed by atoms with Gasteiger partial charge in [0.05, 0.1) is 6.42 Å². The SMILES string of the molecule is CC(OC(=O)Cc1noc2ccccc12)C(=O)NCCC1=CCCCC1. The second-order valence-corrected chi connectivity index (χ2v) is 6.58. The molecule has 1 heterocycles. The van der Waals surface area contributed by atoms with Gasteiger partial charge in [0.1, 0.15) is 5.69 Å². The highest BCUT2D eigenvalue weighted by Gasteiger charge is 2.20. The summed E-state index contributed by atoms with van der Waals surface area (Å²) < 4.78 is 10.4. The summed E-state index contributed by atoms with van der Waals surface area (Å²) in [7, 11) is 0. The molecule has 1 unspecified atom stereocenters. The van der Waals surface area contributed by atoms with Crippen molar-refractivity contribution in [3.8, 4) is 0 Å². The summed E-state index contributed by atoms with van der Waals surface area (Å²) in [6.45, 7) is 2.15. The van der Waals surface area contributed by atoms with E-state index in [0.29, 0.717) is 17.8 Å². The lowest BCUT2D eigenvalue weighted by atomic mass is 9.97. The number of benzene rings is 1. The maximum Gasteiger partial charge on any atom is 0.312 e. The Kier molecular flexibility index (Phi) is 6.04. The number of para-hydroxylation sites is 1. The van der Waals surface area contributed by atoms with E-state index in [0.717, 1.165) is 24.6 Å². The van der Waals surface area contributed by atoms with Crippen molar-refractivity contribution in [3.63, 3.8) is 0 Å². The third kappa shape index (κ3) is 4.71. The monoisotopic (exact) mass is 356 g/mol. The van der Waals surface area contributed by atoms with Crippen molar-refractivity contribution < 1.29 is 18.8 Å². The minimum Gasteiger partial charge on any atom is -0.452 e. The van der Waals surface area contributed by atoms with Crippen LogP contribution in [0.15, 0.2) is 40.4 Å². The van der Waals surface area contributed by atoms with Crippen LogP contribution in [0.4, 0.5) is 0 Å².